The van der Waals surface area contributed by atoms with Crippen molar-refractivity contribution in [3.8, 4) is 5.75 Å². The summed E-state index contributed by atoms with van der Waals surface area (Å²) in [6.45, 7) is 6.22. The molecule has 1 aromatic rings. The lowest BCUT2D eigenvalue weighted by molar-refractivity contribution is -0.148. The van der Waals surface area contributed by atoms with Gasteiger partial charge in [0.25, 0.3) is 5.91 Å². The summed E-state index contributed by atoms with van der Waals surface area (Å²) in [7, 11) is 3.21. The van der Waals surface area contributed by atoms with Crippen LogP contribution in [0.25, 0.3) is 0 Å². The molecule has 4 rings (SSSR count). The van der Waals surface area contributed by atoms with Crippen molar-refractivity contribution < 1.29 is 34.8 Å². The van der Waals surface area contributed by atoms with Crippen molar-refractivity contribution in [3.63, 3.8) is 0 Å². The number of Topliss-reactive ketones (excluding diaryl/α,β-unsaturated/α-hetero) is 2. The van der Waals surface area contributed by atoms with Crippen LogP contribution in [0.4, 0.5) is 0 Å². The Morgan fingerprint density at radius 1 is 1.14 bits per heavy atom. The number of nitrogens with two attached hydrogens (primary N) is 1. The summed E-state index contributed by atoms with van der Waals surface area (Å²) in [5.41, 5.74) is 3.35. The second-order valence-corrected chi connectivity index (χ2v) is 10.0. The highest BCUT2D eigenvalue weighted by molar-refractivity contribution is 6.24. The number of rotatable bonds is 6. The van der Waals surface area contributed by atoms with Gasteiger partial charge in [-0.15, -0.1) is 0 Å². The Morgan fingerprint density at radius 2 is 1.78 bits per heavy atom. The number of hydrogen-bond donors (Lipinski definition) is 5. The second kappa shape index (κ2) is 9.02. The van der Waals surface area contributed by atoms with Crippen LogP contribution in [0.5, 0.6) is 5.75 Å². The lowest BCUT2D eigenvalue weighted by Crippen LogP contribution is -2.63. The minimum absolute atomic E-state index is 0.0421. The van der Waals surface area contributed by atoms with Crippen molar-refractivity contribution in [3.05, 3.63) is 51.5 Å². The van der Waals surface area contributed by atoms with Crippen molar-refractivity contribution in [1.82, 2.24) is 9.80 Å². The Morgan fingerprint density at radius 3 is 2.33 bits per heavy atom. The van der Waals surface area contributed by atoms with Crippen LogP contribution in [0.3, 0.4) is 0 Å². The number of aliphatic hydroxyl groups excluding tert-OH is 2. The number of benzene rings is 1. The molecule has 0 saturated heterocycles. The van der Waals surface area contributed by atoms with E-state index in [9.17, 15) is 34.8 Å². The molecule has 1 aromatic carbocycles. The van der Waals surface area contributed by atoms with Gasteiger partial charge in [-0.05, 0) is 63.1 Å². The van der Waals surface area contributed by atoms with E-state index >= 15 is 0 Å². The summed E-state index contributed by atoms with van der Waals surface area (Å²) in [5.74, 6) is -6.43. The molecular formula is C26H33N3O7. The fraction of sp³-hybridized carbons (Fsp3) is 0.500. The Labute approximate surface area is 209 Å². The molecule has 6 N–H and O–H groups in total. The molecule has 3 aliphatic rings. The maximum Gasteiger partial charge on any atom is 0.255 e. The highest BCUT2D eigenvalue weighted by Gasteiger charge is 2.63. The number of amides is 1. The van der Waals surface area contributed by atoms with E-state index in [1.54, 1.807) is 20.2 Å². The molecule has 0 unspecified atom stereocenters. The lowest BCUT2D eigenvalue weighted by atomic mass is 9.58. The number of phenolic OH excluding ortho intramolecular Hbond substituents is 1. The van der Waals surface area contributed by atoms with Gasteiger partial charge in [0.2, 0.25) is 5.78 Å². The average Bonchev–Trinajstić information content (AvgIpc) is 2.80. The Hall–Kier alpha value is -3.21. The van der Waals surface area contributed by atoms with Crippen LogP contribution in [0.1, 0.15) is 41.8 Å². The van der Waals surface area contributed by atoms with Crippen LogP contribution in [-0.2, 0) is 22.6 Å². The van der Waals surface area contributed by atoms with Crippen molar-refractivity contribution >= 4 is 17.5 Å². The molecule has 36 heavy (non-hydrogen) atoms. The van der Waals surface area contributed by atoms with E-state index < -0.39 is 58.0 Å². The Balaban J connectivity index is 1.91. The molecule has 0 fully saturated rings. The molecule has 0 saturated carbocycles. The first-order chi connectivity index (χ1) is 16.9. The summed E-state index contributed by atoms with van der Waals surface area (Å²) >= 11 is 0. The van der Waals surface area contributed by atoms with Gasteiger partial charge in [0.1, 0.15) is 22.8 Å². The van der Waals surface area contributed by atoms with Crippen LogP contribution < -0.4 is 5.73 Å². The molecule has 194 valence electrons. The zero-order chi connectivity index (χ0) is 26.7. The van der Waals surface area contributed by atoms with Crippen molar-refractivity contribution in [1.29, 1.82) is 0 Å². The Kier molecular flexibility index (Phi) is 6.48. The van der Waals surface area contributed by atoms with Crippen molar-refractivity contribution in [2.24, 2.45) is 17.6 Å². The minimum Gasteiger partial charge on any atom is -0.510 e. The van der Waals surface area contributed by atoms with Crippen LogP contribution in [0.2, 0.25) is 0 Å². The van der Waals surface area contributed by atoms with E-state index in [0.717, 1.165) is 18.7 Å². The highest BCUT2D eigenvalue weighted by Crippen LogP contribution is 2.52. The van der Waals surface area contributed by atoms with Crippen LogP contribution in [0, 0.1) is 11.8 Å². The summed E-state index contributed by atoms with van der Waals surface area (Å²) in [5, 5.41) is 44.4. The number of fused-ring (bicyclic) bond motifs is 3. The lowest BCUT2D eigenvalue weighted by Gasteiger charge is -2.50. The van der Waals surface area contributed by atoms with E-state index in [-0.39, 0.29) is 23.3 Å². The standard InChI is InChI=1S/C26H33N3O7/c1-5-29(6-2)11-12-7-8-16(30)18-14(12)9-13-10-15-20(28(3)4)22(32)19(25(27)35)24(34)26(15,36)23(33)17(13)21(18)31/h7-8,13,15,20,30,32-33,36H,5-6,9-11H2,1-4H3,(H2,27,35)/t13-,15-,20-,26-/m0/s1. The minimum atomic E-state index is -2.63. The van der Waals surface area contributed by atoms with Gasteiger partial charge in [-0.25, -0.2) is 0 Å². The first-order valence-electron chi connectivity index (χ1n) is 12.1. The van der Waals surface area contributed by atoms with E-state index in [2.05, 4.69) is 4.90 Å². The van der Waals surface area contributed by atoms with Crippen molar-refractivity contribution in [2.75, 3.05) is 27.2 Å². The summed E-state index contributed by atoms with van der Waals surface area (Å²) in [4.78, 5) is 42.8. The zero-order valence-electron chi connectivity index (χ0n) is 20.9. The monoisotopic (exact) mass is 499 g/mol. The third-order valence-corrected chi connectivity index (χ3v) is 7.99. The number of likely N-dealkylation sites (N-methyl/N-ethyl adjacent to an activating group) is 1. The number of ketones is 2. The number of carbonyl (C=O) groups is 3. The molecule has 3 aliphatic carbocycles. The quantitative estimate of drug-likeness (QED) is 0.359. The smallest absolute Gasteiger partial charge is 0.255 e. The number of carbonyl (C=O) groups excluding carboxylic acids is 3. The molecule has 0 heterocycles. The third-order valence-electron chi connectivity index (χ3n) is 7.99. The molecule has 0 aromatic heterocycles. The largest absolute Gasteiger partial charge is 0.510 e. The van der Waals surface area contributed by atoms with Crippen LogP contribution >= 0.6 is 0 Å². The summed E-state index contributed by atoms with van der Waals surface area (Å²) in [6, 6.07) is 2.22. The van der Waals surface area contributed by atoms with E-state index in [1.807, 2.05) is 13.8 Å². The fourth-order valence-corrected chi connectivity index (χ4v) is 6.15. The number of primary amides is 1. The molecule has 0 aliphatic heterocycles. The maximum absolute atomic E-state index is 13.7. The molecular weight excluding hydrogens is 466 g/mol. The SMILES string of the molecule is CCN(CC)Cc1ccc(O)c2c1C[C@H]1C[C@H]3[C@H](N(C)C)C(O)=C(C(N)=O)C(=O)[C@@]3(O)C(O)=C1C2=O. The first-order valence-corrected chi connectivity index (χ1v) is 12.1. The first kappa shape index (κ1) is 25.9. The number of aliphatic hydroxyl groups is 3. The molecule has 1 amide bonds. The number of nitrogens with zero attached hydrogens (tertiary/aromatic N) is 2. The second-order valence-electron chi connectivity index (χ2n) is 10.0. The summed E-state index contributed by atoms with van der Waals surface area (Å²) < 4.78 is 0. The predicted octanol–water partition coefficient (Wildman–Crippen LogP) is 0.962. The maximum atomic E-state index is 13.7. The molecule has 10 nitrogen and oxygen atoms in total. The normalized spacial score (nSPS) is 27.9. The van der Waals surface area contributed by atoms with Gasteiger partial charge in [0.15, 0.2) is 11.4 Å². The topological polar surface area (TPSA) is 165 Å². The summed E-state index contributed by atoms with van der Waals surface area (Å²) in [6.07, 6.45) is 0.367. The molecule has 0 radical (unpaired) electrons. The van der Waals surface area contributed by atoms with Gasteiger partial charge < -0.3 is 26.2 Å². The van der Waals surface area contributed by atoms with Gasteiger partial charge in [-0.3, -0.25) is 24.2 Å². The van der Waals surface area contributed by atoms with Gasteiger partial charge in [-0.2, -0.15) is 0 Å². The Bertz CT molecular complexity index is 1210. The fourth-order valence-electron chi connectivity index (χ4n) is 6.15. The van der Waals surface area contributed by atoms with E-state index in [4.69, 9.17) is 5.73 Å². The van der Waals surface area contributed by atoms with Crippen LogP contribution in [0.15, 0.2) is 34.8 Å². The van der Waals surface area contributed by atoms with E-state index in [1.165, 1.54) is 11.0 Å². The van der Waals surface area contributed by atoms with Crippen molar-refractivity contribution in [2.45, 2.75) is 44.9 Å². The predicted molar refractivity (Wildman–Crippen MR) is 130 cm³/mol. The number of allylic oxidation sites excluding steroid dienone is 1. The van der Waals surface area contributed by atoms with E-state index in [0.29, 0.717) is 18.5 Å². The number of aromatic hydroxyl groups is 1. The zero-order valence-corrected chi connectivity index (χ0v) is 20.9. The van der Waals surface area contributed by atoms with Gasteiger partial charge in [0, 0.05) is 18.0 Å². The van der Waals surface area contributed by atoms with Gasteiger partial charge >= 0.3 is 0 Å². The van der Waals surface area contributed by atoms with Gasteiger partial charge in [-0.1, -0.05) is 19.9 Å². The number of phenols is 1. The molecule has 4 atom stereocenters. The van der Waals surface area contributed by atoms with Crippen LogP contribution in [-0.4, -0.2) is 86.5 Å². The third kappa shape index (κ3) is 3.55. The van der Waals surface area contributed by atoms with Gasteiger partial charge in [0.05, 0.1) is 11.6 Å². The highest BCUT2D eigenvalue weighted by atomic mass is 16.3. The number of hydrogen-bond acceptors (Lipinski definition) is 9. The molecule has 10 heteroatoms. The molecule has 0 spiro atoms. The average molecular weight is 500 g/mol. The molecule has 0 bridgehead atoms.